The standard InChI is InChI=1S/C13H17FO2/c1-13(2)8-7-10(16-13)9-15-12-6-4-3-5-11(12)14/h3-6,10H,7-9H2,1-2H3. The molecule has 0 radical (unpaired) electrons. The first-order valence-corrected chi connectivity index (χ1v) is 5.62. The van der Waals surface area contributed by atoms with Crippen molar-refractivity contribution in [1.82, 2.24) is 0 Å². The van der Waals surface area contributed by atoms with Gasteiger partial charge in [0.05, 0.1) is 11.7 Å². The van der Waals surface area contributed by atoms with E-state index < -0.39 is 0 Å². The Morgan fingerprint density at radius 1 is 1.44 bits per heavy atom. The molecular formula is C13H17FO2. The molecular weight excluding hydrogens is 207 g/mol. The minimum Gasteiger partial charge on any atom is -0.488 e. The Morgan fingerprint density at radius 3 is 2.81 bits per heavy atom. The van der Waals surface area contributed by atoms with Crippen molar-refractivity contribution in [3.05, 3.63) is 30.1 Å². The molecule has 0 aliphatic carbocycles. The minimum atomic E-state index is -0.320. The summed E-state index contributed by atoms with van der Waals surface area (Å²) in [6.07, 6.45) is 2.08. The van der Waals surface area contributed by atoms with E-state index in [1.165, 1.54) is 6.07 Å². The number of halogens is 1. The topological polar surface area (TPSA) is 18.5 Å². The summed E-state index contributed by atoms with van der Waals surface area (Å²) in [7, 11) is 0. The van der Waals surface area contributed by atoms with Crippen LogP contribution in [0.4, 0.5) is 4.39 Å². The fourth-order valence-corrected chi connectivity index (χ4v) is 1.94. The van der Waals surface area contributed by atoms with E-state index in [4.69, 9.17) is 9.47 Å². The van der Waals surface area contributed by atoms with Crippen molar-refractivity contribution in [1.29, 1.82) is 0 Å². The zero-order chi connectivity index (χ0) is 11.6. The van der Waals surface area contributed by atoms with Crippen LogP contribution in [0.1, 0.15) is 26.7 Å². The lowest BCUT2D eigenvalue weighted by molar-refractivity contribution is -0.0330. The van der Waals surface area contributed by atoms with Crippen LogP contribution in [0, 0.1) is 5.82 Å². The van der Waals surface area contributed by atoms with Crippen LogP contribution in [0.5, 0.6) is 5.75 Å². The normalized spacial score (nSPS) is 23.3. The van der Waals surface area contributed by atoms with Gasteiger partial charge >= 0.3 is 0 Å². The molecule has 1 heterocycles. The van der Waals surface area contributed by atoms with Crippen molar-refractivity contribution < 1.29 is 13.9 Å². The second kappa shape index (κ2) is 4.42. The van der Waals surface area contributed by atoms with Crippen molar-refractivity contribution >= 4 is 0 Å². The Kier molecular flexibility index (Phi) is 3.15. The lowest BCUT2D eigenvalue weighted by atomic mass is 10.1. The van der Waals surface area contributed by atoms with E-state index in [-0.39, 0.29) is 17.5 Å². The SMILES string of the molecule is CC1(C)CCC(COc2ccccc2F)O1. The molecule has 0 saturated carbocycles. The van der Waals surface area contributed by atoms with Crippen LogP contribution < -0.4 is 4.74 Å². The Balaban J connectivity index is 1.87. The van der Waals surface area contributed by atoms with Crippen LogP contribution >= 0.6 is 0 Å². The third-order valence-electron chi connectivity index (χ3n) is 2.82. The van der Waals surface area contributed by atoms with E-state index in [9.17, 15) is 4.39 Å². The average molecular weight is 224 g/mol. The Morgan fingerprint density at radius 2 is 2.19 bits per heavy atom. The van der Waals surface area contributed by atoms with Crippen LogP contribution in [0.25, 0.3) is 0 Å². The summed E-state index contributed by atoms with van der Waals surface area (Å²) in [4.78, 5) is 0. The first-order chi connectivity index (χ1) is 7.57. The van der Waals surface area contributed by atoms with Crippen molar-refractivity contribution in [3.63, 3.8) is 0 Å². The molecule has 0 N–H and O–H groups in total. The van der Waals surface area contributed by atoms with Gasteiger partial charge < -0.3 is 9.47 Å². The van der Waals surface area contributed by atoms with Crippen LogP contribution in [-0.4, -0.2) is 18.3 Å². The highest BCUT2D eigenvalue weighted by Gasteiger charge is 2.31. The summed E-state index contributed by atoms with van der Waals surface area (Å²) in [6.45, 7) is 4.55. The maximum Gasteiger partial charge on any atom is 0.165 e. The maximum atomic E-state index is 13.2. The number of hydrogen-bond donors (Lipinski definition) is 0. The molecule has 1 aromatic carbocycles. The zero-order valence-corrected chi connectivity index (χ0v) is 9.70. The van der Waals surface area contributed by atoms with E-state index in [1.54, 1.807) is 18.2 Å². The molecule has 2 nitrogen and oxygen atoms in total. The Hall–Kier alpha value is -1.09. The molecule has 0 amide bonds. The van der Waals surface area contributed by atoms with Crippen molar-refractivity contribution in [2.75, 3.05) is 6.61 Å². The van der Waals surface area contributed by atoms with Gasteiger partial charge in [0, 0.05) is 0 Å². The Bertz CT molecular complexity index is 363. The van der Waals surface area contributed by atoms with Crippen molar-refractivity contribution in [3.8, 4) is 5.75 Å². The summed E-state index contributed by atoms with van der Waals surface area (Å²) in [5.74, 6) is -0.0180. The molecule has 1 unspecified atom stereocenters. The summed E-state index contributed by atoms with van der Waals surface area (Å²) in [5.41, 5.74) is -0.0662. The lowest BCUT2D eigenvalue weighted by Gasteiger charge is -2.19. The highest BCUT2D eigenvalue weighted by molar-refractivity contribution is 5.23. The number of ether oxygens (including phenoxy) is 2. The first-order valence-electron chi connectivity index (χ1n) is 5.62. The molecule has 3 heteroatoms. The molecule has 1 aliphatic heterocycles. The molecule has 0 bridgehead atoms. The summed E-state index contributed by atoms with van der Waals surface area (Å²) in [5, 5.41) is 0. The van der Waals surface area contributed by atoms with E-state index in [0.29, 0.717) is 12.4 Å². The predicted molar refractivity (Wildman–Crippen MR) is 60.1 cm³/mol. The van der Waals surface area contributed by atoms with E-state index >= 15 is 0 Å². The molecule has 16 heavy (non-hydrogen) atoms. The minimum absolute atomic E-state index is 0.0662. The Labute approximate surface area is 95.4 Å². The van der Waals surface area contributed by atoms with Crippen LogP contribution in [0.3, 0.4) is 0 Å². The average Bonchev–Trinajstić information content (AvgIpc) is 2.57. The molecule has 1 aliphatic rings. The van der Waals surface area contributed by atoms with Gasteiger partial charge in [-0.2, -0.15) is 0 Å². The molecule has 0 spiro atoms. The van der Waals surface area contributed by atoms with E-state index in [1.807, 2.05) is 0 Å². The zero-order valence-electron chi connectivity index (χ0n) is 9.70. The van der Waals surface area contributed by atoms with Crippen molar-refractivity contribution in [2.45, 2.75) is 38.4 Å². The summed E-state index contributed by atoms with van der Waals surface area (Å²) in [6, 6.07) is 6.44. The summed E-state index contributed by atoms with van der Waals surface area (Å²) < 4.78 is 24.4. The largest absolute Gasteiger partial charge is 0.488 e. The van der Waals surface area contributed by atoms with Crippen LogP contribution in [0.15, 0.2) is 24.3 Å². The van der Waals surface area contributed by atoms with Crippen LogP contribution in [-0.2, 0) is 4.74 Å². The molecule has 1 saturated heterocycles. The molecule has 1 fully saturated rings. The van der Waals surface area contributed by atoms with Gasteiger partial charge in [-0.1, -0.05) is 12.1 Å². The molecule has 1 aromatic rings. The van der Waals surface area contributed by atoms with Gasteiger partial charge in [-0.15, -0.1) is 0 Å². The second-order valence-electron chi connectivity index (χ2n) is 4.78. The van der Waals surface area contributed by atoms with Gasteiger partial charge in [0.25, 0.3) is 0 Å². The number of hydrogen-bond acceptors (Lipinski definition) is 2. The summed E-state index contributed by atoms with van der Waals surface area (Å²) >= 11 is 0. The monoisotopic (exact) mass is 224 g/mol. The van der Waals surface area contributed by atoms with Gasteiger partial charge in [-0.05, 0) is 38.8 Å². The van der Waals surface area contributed by atoms with Gasteiger partial charge in [0.1, 0.15) is 6.61 Å². The quantitative estimate of drug-likeness (QED) is 0.785. The third-order valence-corrected chi connectivity index (χ3v) is 2.82. The van der Waals surface area contributed by atoms with E-state index in [2.05, 4.69) is 13.8 Å². The number of benzene rings is 1. The number of rotatable bonds is 3. The van der Waals surface area contributed by atoms with Gasteiger partial charge in [0.15, 0.2) is 11.6 Å². The highest BCUT2D eigenvalue weighted by atomic mass is 19.1. The van der Waals surface area contributed by atoms with Gasteiger partial charge in [-0.25, -0.2) is 4.39 Å². The second-order valence-corrected chi connectivity index (χ2v) is 4.78. The molecule has 2 rings (SSSR count). The van der Waals surface area contributed by atoms with E-state index in [0.717, 1.165) is 12.8 Å². The highest BCUT2D eigenvalue weighted by Crippen LogP contribution is 2.29. The first kappa shape index (κ1) is 11.4. The molecule has 0 aromatic heterocycles. The van der Waals surface area contributed by atoms with Gasteiger partial charge in [0.2, 0.25) is 0 Å². The predicted octanol–water partition coefficient (Wildman–Crippen LogP) is 3.16. The van der Waals surface area contributed by atoms with Crippen LogP contribution in [0.2, 0.25) is 0 Å². The maximum absolute atomic E-state index is 13.2. The third kappa shape index (κ3) is 2.73. The van der Waals surface area contributed by atoms with Crippen molar-refractivity contribution in [2.24, 2.45) is 0 Å². The smallest absolute Gasteiger partial charge is 0.165 e. The fraction of sp³-hybridized carbons (Fsp3) is 0.538. The fourth-order valence-electron chi connectivity index (χ4n) is 1.94. The lowest BCUT2D eigenvalue weighted by Crippen LogP contribution is -2.24. The van der Waals surface area contributed by atoms with Gasteiger partial charge in [-0.3, -0.25) is 0 Å². The molecule has 1 atom stereocenters. The molecule has 88 valence electrons. The number of para-hydroxylation sites is 1.